The summed E-state index contributed by atoms with van der Waals surface area (Å²) in [4.78, 5) is 4.28. The smallest absolute Gasteiger partial charge is 0.0375 e. The summed E-state index contributed by atoms with van der Waals surface area (Å²) in [6.45, 7) is 5.21. The van der Waals surface area contributed by atoms with Crippen molar-refractivity contribution in [3.63, 3.8) is 0 Å². The van der Waals surface area contributed by atoms with Crippen LogP contribution >= 0.6 is 0 Å². The lowest BCUT2D eigenvalue weighted by Gasteiger charge is -2.18. The first-order valence-corrected chi connectivity index (χ1v) is 7.49. The second-order valence-electron chi connectivity index (χ2n) is 5.22. The second-order valence-corrected chi connectivity index (χ2v) is 5.22. The number of pyridine rings is 1. The lowest BCUT2D eigenvalue weighted by molar-refractivity contribution is 0.497. The van der Waals surface area contributed by atoms with Crippen LogP contribution < -0.4 is 5.32 Å². The Labute approximate surface area is 122 Å². The van der Waals surface area contributed by atoms with Crippen molar-refractivity contribution in [2.24, 2.45) is 0 Å². The predicted molar refractivity (Wildman–Crippen MR) is 84.8 cm³/mol. The number of rotatable bonds is 7. The molecule has 0 aliphatic carbocycles. The average Bonchev–Trinajstić information content (AvgIpc) is 2.47. The van der Waals surface area contributed by atoms with Gasteiger partial charge < -0.3 is 5.32 Å². The van der Waals surface area contributed by atoms with E-state index in [-0.39, 0.29) is 0 Å². The molecule has 0 saturated heterocycles. The van der Waals surface area contributed by atoms with E-state index in [1.807, 2.05) is 6.20 Å². The fourth-order valence-corrected chi connectivity index (χ4v) is 2.57. The van der Waals surface area contributed by atoms with E-state index in [2.05, 4.69) is 66.6 Å². The molecule has 0 bridgehead atoms. The molecular weight excluding hydrogens is 244 g/mol. The van der Waals surface area contributed by atoms with Crippen LogP contribution in [0.3, 0.4) is 0 Å². The van der Waals surface area contributed by atoms with Gasteiger partial charge in [0.1, 0.15) is 0 Å². The molecule has 1 atom stereocenters. The molecule has 0 spiro atoms. The molecule has 0 amide bonds. The summed E-state index contributed by atoms with van der Waals surface area (Å²) in [5, 5.41) is 3.58. The second kappa shape index (κ2) is 7.81. The highest BCUT2D eigenvalue weighted by Crippen LogP contribution is 2.20. The van der Waals surface area contributed by atoms with E-state index in [9.17, 15) is 0 Å². The largest absolute Gasteiger partial charge is 0.310 e. The lowest BCUT2D eigenvalue weighted by atomic mass is 9.99. The molecule has 2 nitrogen and oxygen atoms in total. The molecule has 0 saturated carbocycles. The van der Waals surface area contributed by atoms with Crippen LogP contribution in [0.25, 0.3) is 0 Å². The summed E-state index contributed by atoms with van der Waals surface area (Å²) in [5.41, 5.74) is 3.87. The summed E-state index contributed by atoms with van der Waals surface area (Å²) >= 11 is 0. The van der Waals surface area contributed by atoms with Crippen molar-refractivity contribution in [2.75, 3.05) is 6.54 Å². The first-order valence-electron chi connectivity index (χ1n) is 7.49. The highest BCUT2D eigenvalue weighted by Gasteiger charge is 2.10. The zero-order valence-electron chi connectivity index (χ0n) is 12.5. The van der Waals surface area contributed by atoms with Gasteiger partial charge in [0.2, 0.25) is 0 Å². The van der Waals surface area contributed by atoms with E-state index in [1.54, 1.807) is 0 Å². The highest BCUT2D eigenvalue weighted by molar-refractivity contribution is 5.20. The van der Waals surface area contributed by atoms with Crippen molar-refractivity contribution < 1.29 is 0 Å². The van der Waals surface area contributed by atoms with E-state index < -0.39 is 0 Å². The predicted octanol–water partition coefficient (Wildman–Crippen LogP) is 4.06. The van der Waals surface area contributed by atoms with Crippen LogP contribution in [0.5, 0.6) is 0 Å². The molecular formula is C18H24N2. The molecule has 0 radical (unpaired) electrons. The van der Waals surface area contributed by atoms with E-state index in [1.165, 1.54) is 17.5 Å². The third kappa shape index (κ3) is 4.46. The maximum absolute atomic E-state index is 4.28. The highest BCUT2D eigenvalue weighted by atomic mass is 14.9. The summed E-state index contributed by atoms with van der Waals surface area (Å²) in [6, 6.07) is 15.5. The van der Waals surface area contributed by atoms with Crippen molar-refractivity contribution in [3.8, 4) is 0 Å². The van der Waals surface area contributed by atoms with Crippen LogP contribution in [0.4, 0.5) is 0 Å². The molecule has 2 heteroatoms. The molecule has 106 valence electrons. The molecule has 1 aromatic heterocycles. The minimum absolute atomic E-state index is 0.436. The summed E-state index contributed by atoms with van der Waals surface area (Å²) in [5.74, 6) is 0. The van der Waals surface area contributed by atoms with Gasteiger partial charge in [-0.1, -0.05) is 37.3 Å². The Bertz CT molecular complexity index is 508. The van der Waals surface area contributed by atoms with Gasteiger partial charge in [-0.3, -0.25) is 4.98 Å². The van der Waals surface area contributed by atoms with Crippen LogP contribution in [-0.4, -0.2) is 11.5 Å². The Morgan fingerprint density at radius 2 is 1.95 bits per heavy atom. The number of nitrogens with zero attached hydrogens (tertiary/aromatic N) is 1. The van der Waals surface area contributed by atoms with E-state index in [0.29, 0.717) is 6.04 Å². The summed E-state index contributed by atoms with van der Waals surface area (Å²) in [6.07, 6.45) is 5.41. The maximum atomic E-state index is 4.28. The molecule has 1 unspecified atom stereocenters. The standard InChI is InChI=1S/C18H24N2/c1-3-19-18(17-12-13-20-15(2)14-17)11-7-10-16-8-5-4-6-9-16/h4-6,8-9,12-14,18-19H,3,7,10-11H2,1-2H3. The molecule has 1 heterocycles. The van der Waals surface area contributed by atoms with Crippen molar-refractivity contribution in [3.05, 3.63) is 65.5 Å². The third-order valence-corrected chi connectivity index (χ3v) is 3.57. The van der Waals surface area contributed by atoms with Crippen LogP contribution in [0.15, 0.2) is 48.7 Å². The summed E-state index contributed by atoms with van der Waals surface area (Å²) < 4.78 is 0. The average molecular weight is 268 g/mol. The minimum atomic E-state index is 0.436. The molecule has 0 fully saturated rings. The van der Waals surface area contributed by atoms with E-state index in [0.717, 1.165) is 25.1 Å². The van der Waals surface area contributed by atoms with Gasteiger partial charge in [-0.2, -0.15) is 0 Å². The monoisotopic (exact) mass is 268 g/mol. The maximum Gasteiger partial charge on any atom is 0.0375 e. The van der Waals surface area contributed by atoms with Gasteiger partial charge in [-0.05, 0) is 56.0 Å². The van der Waals surface area contributed by atoms with Gasteiger partial charge >= 0.3 is 0 Å². The van der Waals surface area contributed by atoms with Gasteiger partial charge in [0.15, 0.2) is 0 Å². The van der Waals surface area contributed by atoms with Crippen molar-refractivity contribution >= 4 is 0 Å². The Balaban J connectivity index is 1.92. The quantitative estimate of drug-likeness (QED) is 0.819. The van der Waals surface area contributed by atoms with Crippen LogP contribution in [0.2, 0.25) is 0 Å². The Kier molecular flexibility index (Phi) is 5.75. The first-order chi connectivity index (χ1) is 9.79. The lowest BCUT2D eigenvalue weighted by Crippen LogP contribution is -2.21. The third-order valence-electron chi connectivity index (χ3n) is 3.57. The van der Waals surface area contributed by atoms with Gasteiger partial charge in [0.05, 0.1) is 0 Å². The Hall–Kier alpha value is -1.67. The molecule has 1 N–H and O–H groups in total. The van der Waals surface area contributed by atoms with Crippen LogP contribution in [-0.2, 0) is 6.42 Å². The van der Waals surface area contributed by atoms with Gasteiger partial charge in [-0.25, -0.2) is 0 Å². The number of benzene rings is 1. The SMILES string of the molecule is CCNC(CCCc1ccccc1)c1ccnc(C)c1. The fourth-order valence-electron chi connectivity index (χ4n) is 2.57. The molecule has 2 rings (SSSR count). The van der Waals surface area contributed by atoms with Crippen LogP contribution in [0.1, 0.15) is 42.6 Å². The molecule has 0 aliphatic heterocycles. The number of hydrogen-bond donors (Lipinski definition) is 1. The van der Waals surface area contributed by atoms with Crippen molar-refractivity contribution in [1.82, 2.24) is 10.3 Å². The van der Waals surface area contributed by atoms with E-state index >= 15 is 0 Å². The normalized spacial score (nSPS) is 12.3. The van der Waals surface area contributed by atoms with Gasteiger partial charge in [-0.15, -0.1) is 0 Å². The van der Waals surface area contributed by atoms with E-state index in [4.69, 9.17) is 0 Å². The van der Waals surface area contributed by atoms with Crippen molar-refractivity contribution in [1.29, 1.82) is 0 Å². The molecule has 0 aliphatic rings. The molecule has 2 aromatic rings. The first kappa shape index (κ1) is 14.7. The van der Waals surface area contributed by atoms with Gasteiger partial charge in [0, 0.05) is 17.9 Å². The Morgan fingerprint density at radius 3 is 2.65 bits per heavy atom. The fraction of sp³-hybridized carbons (Fsp3) is 0.389. The van der Waals surface area contributed by atoms with Crippen molar-refractivity contribution in [2.45, 2.75) is 39.2 Å². The number of aryl methyl sites for hydroxylation is 2. The van der Waals surface area contributed by atoms with Gasteiger partial charge in [0.25, 0.3) is 0 Å². The minimum Gasteiger partial charge on any atom is -0.310 e. The molecule has 1 aromatic carbocycles. The van der Waals surface area contributed by atoms with Crippen LogP contribution in [0, 0.1) is 6.92 Å². The number of aromatic nitrogens is 1. The Morgan fingerprint density at radius 1 is 1.15 bits per heavy atom. The molecule has 20 heavy (non-hydrogen) atoms. The topological polar surface area (TPSA) is 24.9 Å². The summed E-state index contributed by atoms with van der Waals surface area (Å²) in [7, 11) is 0. The number of hydrogen-bond acceptors (Lipinski definition) is 2. The number of nitrogens with one attached hydrogen (secondary N) is 1. The zero-order valence-corrected chi connectivity index (χ0v) is 12.5. The zero-order chi connectivity index (χ0) is 14.2.